The molecule has 0 fully saturated rings. The van der Waals surface area contributed by atoms with Gasteiger partial charge in [-0.1, -0.05) is 19.1 Å². The number of hydrogen-bond donors (Lipinski definition) is 0. The van der Waals surface area contributed by atoms with Crippen LogP contribution in [0.25, 0.3) is 0 Å². The monoisotopic (exact) mass is 308 g/mol. The first-order chi connectivity index (χ1) is 8.72. The Bertz CT molecular complexity index is 546. The number of benzene rings is 1. The van der Waals surface area contributed by atoms with Crippen LogP contribution in [0.5, 0.6) is 17.4 Å². The van der Waals surface area contributed by atoms with Crippen LogP contribution in [0.15, 0.2) is 34.9 Å². The molecule has 0 saturated heterocycles. The first-order valence-corrected chi connectivity index (χ1v) is 6.36. The van der Waals surface area contributed by atoms with Gasteiger partial charge >= 0.3 is 0 Å². The molecule has 1 heterocycles. The Morgan fingerprint density at radius 2 is 1.89 bits per heavy atom. The summed E-state index contributed by atoms with van der Waals surface area (Å²) in [6.45, 7) is 1.99. The summed E-state index contributed by atoms with van der Waals surface area (Å²) in [6, 6.07) is 9.17. The molecule has 0 aliphatic heterocycles. The van der Waals surface area contributed by atoms with Crippen molar-refractivity contribution in [3.8, 4) is 17.4 Å². The van der Waals surface area contributed by atoms with E-state index in [9.17, 15) is 0 Å². The molecule has 94 valence electrons. The molecule has 5 heteroatoms. The SMILES string of the molecule is CCc1nc(Br)cc(Oc2ccccc2OC)n1. The molecular formula is C13H13BrN2O2. The van der Waals surface area contributed by atoms with Crippen molar-refractivity contribution in [2.75, 3.05) is 7.11 Å². The number of nitrogens with zero attached hydrogens (tertiary/aromatic N) is 2. The first-order valence-electron chi connectivity index (χ1n) is 5.57. The van der Waals surface area contributed by atoms with E-state index < -0.39 is 0 Å². The average Bonchev–Trinajstić information content (AvgIpc) is 2.38. The third-order valence-electron chi connectivity index (χ3n) is 2.32. The van der Waals surface area contributed by atoms with Crippen molar-refractivity contribution in [1.29, 1.82) is 0 Å². The van der Waals surface area contributed by atoms with Gasteiger partial charge in [-0.25, -0.2) is 4.98 Å². The molecule has 0 saturated carbocycles. The van der Waals surface area contributed by atoms with Crippen molar-refractivity contribution in [3.05, 3.63) is 40.8 Å². The molecule has 2 rings (SSSR count). The van der Waals surface area contributed by atoms with E-state index in [1.54, 1.807) is 13.2 Å². The van der Waals surface area contributed by atoms with Gasteiger partial charge in [-0.3, -0.25) is 0 Å². The molecule has 0 spiro atoms. The lowest BCUT2D eigenvalue weighted by Gasteiger charge is -2.09. The van der Waals surface area contributed by atoms with Crippen LogP contribution < -0.4 is 9.47 Å². The van der Waals surface area contributed by atoms with Crippen molar-refractivity contribution in [3.63, 3.8) is 0 Å². The summed E-state index contributed by atoms with van der Waals surface area (Å²) in [5, 5.41) is 0. The van der Waals surface area contributed by atoms with Crippen LogP contribution in [0, 0.1) is 0 Å². The molecular weight excluding hydrogens is 296 g/mol. The Hall–Kier alpha value is -1.62. The van der Waals surface area contributed by atoms with Gasteiger partial charge in [0.2, 0.25) is 5.88 Å². The molecule has 0 N–H and O–H groups in total. The number of aromatic nitrogens is 2. The van der Waals surface area contributed by atoms with E-state index >= 15 is 0 Å². The van der Waals surface area contributed by atoms with Crippen LogP contribution in [-0.2, 0) is 6.42 Å². The van der Waals surface area contributed by atoms with Crippen molar-refractivity contribution in [1.82, 2.24) is 9.97 Å². The molecule has 0 unspecified atom stereocenters. The van der Waals surface area contributed by atoms with Gasteiger partial charge in [-0.05, 0) is 28.1 Å². The fourth-order valence-corrected chi connectivity index (χ4v) is 1.87. The number of para-hydroxylation sites is 2. The number of methoxy groups -OCH3 is 1. The van der Waals surface area contributed by atoms with E-state index in [4.69, 9.17) is 9.47 Å². The maximum absolute atomic E-state index is 5.72. The van der Waals surface area contributed by atoms with Crippen molar-refractivity contribution >= 4 is 15.9 Å². The number of ether oxygens (including phenoxy) is 2. The second kappa shape index (κ2) is 5.82. The zero-order valence-electron chi connectivity index (χ0n) is 10.2. The highest BCUT2D eigenvalue weighted by Crippen LogP contribution is 2.30. The zero-order chi connectivity index (χ0) is 13.0. The lowest BCUT2D eigenvalue weighted by atomic mass is 10.3. The summed E-state index contributed by atoms with van der Waals surface area (Å²) in [6.07, 6.45) is 0.752. The van der Waals surface area contributed by atoms with Gasteiger partial charge in [0.05, 0.1) is 7.11 Å². The Morgan fingerprint density at radius 3 is 2.56 bits per heavy atom. The van der Waals surface area contributed by atoms with Gasteiger partial charge in [-0.15, -0.1) is 0 Å². The minimum absolute atomic E-state index is 0.498. The molecule has 4 nitrogen and oxygen atoms in total. The van der Waals surface area contributed by atoms with Gasteiger partial charge in [0.15, 0.2) is 11.5 Å². The minimum Gasteiger partial charge on any atom is -0.493 e. The highest BCUT2D eigenvalue weighted by molar-refractivity contribution is 9.10. The quantitative estimate of drug-likeness (QED) is 0.809. The van der Waals surface area contributed by atoms with Crippen molar-refractivity contribution in [2.24, 2.45) is 0 Å². The molecule has 2 aromatic rings. The summed E-state index contributed by atoms with van der Waals surface area (Å²) in [5.41, 5.74) is 0. The van der Waals surface area contributed by atoms with Gasteiger partial charge in [0, 0.05) is 12.5 Å². The van der Waals surface area contributed by atoms with Crippen molar-refractivity contribution in [2.45, 2.75) is 13.3 Å². The molecule has 18 heavy (non-hydrogen) atoms. The maximum Gasteiger partial charge on any atom is 0.223 e. The Morgan fingerprint density at radius 1 is 1.17 bits per heavy atom. The van der Waals surface area contributed by atoms with E-state index in [1.807, 2.05) is 31.2 Å². The topological polar surface area (TPSA) is 44.2 Å². The molecule has 1 aromatic carbocycles. The number of halogens is 1. The second-order valence-electron chi connectivity index (χ2n) is 3.55. The summed E-state index contributed by atoms with van der Waals surface area (Å²) in [5.74, 6) is 2.53. The van der Waals surface area contributed by atoms with E-state index in [0.29, 0.717) is 22.0 Å². The molecule has 0 aliphatic carbocycles. The van der Waals surface area contributed by atoms with Crippen molar-refractivity contribution < 1.29 is 9.47 Å². The lowest BCUT2D eigenvalue weighted by Crippen LogP contribution is -1.97. The number of rotatable bonds is 4. The lowest BCUT2D eigenvalue weighted by molar-refractivity contribution is 0.373. The minimum atomic E-state index is 0.498. The highest BCUT2D eigenvalue weighted by atomic mass is 79.9. The fraction of sp³-hybridized carbons (Fsp3) is 0.231. The smallest absolute Gasteiger partial charge is 0.223 e. The van der Waals surface area contributed by atoms with E-state index in [-0.39, 0.29) is 0 Å². The molecule has 0 aliphatic rings. The highest BCUT2D eigenvalue weighted by Gasteiger charge is 2.07. The van der Waals surface area contributed by atoms with Crippen LogP contribution in [0.2, 0.25) is 0 Å². The predicted octanol–water partition coefficient (Wildman–Crippen LogP) is 3.60. The number of aryl methyl sites for hydroxylation is 1. The first kappa shape index (κ1) is 12.8. The van der Waals surface area contributed by atoms with Gasteiger partial charge < -0.3 is 9.47 Å². The van der Waals surface area contributed by atoms with Crippen LogP contribution in [0.3, 0.4) is 0 Å². The normalized spacial score (nSPS) is 10.2. The van der Waals surface area contributed by atoms with Crippen LogP contribution in [-0.4, -0.2) is 17.1 Å². The number of hydrogen-bond acceptors (Lipinski definition) is 4. The Kier molecular flexibility index (Phi) is 4.15. The van der Waals surface area contributed by atoms with E-state index in [1.165, 1.54) is 0 Å². The summed E-state index contributed by atoms with van der Waals surface area (Å²) in [4.78, 5) is 8.53. The maximum atomic E-state index is 5.72. The van der Waals surface area contributed by atoms with Crippen LogP contribution in [0.1, 0.15) is 12.7 Å². The largest absolute Gasteiger partial charge is 0.493 e. The zero-order valence-corrected chi connectivity index (χ0v) is 11.8. The standard InChI is InChI=1S/C13H13BrN2O2/c1-3-12-15-11(14)8-13(16-12)18-10-7-5-4-6-9(10)17-2/h4-8H,3H2,1-2H3. The molecule has 0 amide bonds. The van der Waals surface area contributed by atoms with Crippen LogP contribution in [0.4, 0.5) is 0 Å². The summed E-state index contributed by atoms with van der Waals surface area (Å²) in [7, 11) is 1.61. The summed E-state index contributed by atoms with van der Waals surface area (Å²) >= 11 is 3.34. The third-order valence-corrected chi connectivity index (χ3v) is 2.72. The molecule has 0 bridgehead atoms. The molecule has 0 atom stereocenters. The Labute approximate surface area is 114 Å². The van der Waals surface area contributed by atoms with Gasteiger partial charge in [0.1, 0.15) is 10.4 Å². The third kappa shape index (κ3) is 2.98. The van der Waals surface area contributed by atoms with Gasteiger partial charge in [-0.2, -0.15) is 4.98 Å². The second-order valence-corrected chi connectivity index (χ2v) is 4.36. The fourth-order valence-electron chi connectivity index (χ4n) is 1.47. The molecule has 0 radical (unpaired) electrons. The van der Waals surface area contributed by atoms with E-state index in [2.05, 4.69) is 25.9 Å². The molecule has 1 aromatic heterocycles. The average molecular weight is 309 g/mol. The van der Waals surface area contributed by atoms with E-state index in [0.717, 1.165) is 12.2 Å². The predicted molar refractivity (Wildman–Crippen MR) is 72.2 cm³/mol. The van der Waals surface area contributed by atoms with Gasteiger partial charge in [0.25, 0.3) is 0 Å². The Balaban J connectivity index is 2.30. The van der Waals surface area contributed by atoms with Crippen LogP contribution >= 0.6 is 15.9 Å². The summed E-state index contributed by atoms with van der Waals surface area (Å²) < 4.78 is 11.6.